The van der Waals surface area contributed by atoms with Crippen molar-refractivity contribution in [3.05, 3.63) is 200 Å². The lowest BCUT2D eigenvalue weighted by Gasteiger charge is -2.12. The van der Waals surface area contributed by atoms with Gasteiger partial charge in [0, 0.05) is 32.8 Å². The molecule has 0 bridgehead atoms. The maximum atomic E-state index is 9.57. The molecule has 0 amide bonds. The summed E-state index contributed by atoms with van der Waals surface area (Å²) in [5.74, 6) is 1.91. The van der Waals surface area contributed by atoms with E-state index >= 15 is 0 Å². The average Bonchev–Trinajstić information content (AvgIpc) is 3.72. The SMILES string of the molecule is N#Cc1cccc(-c2ccc3c4ccc(-c5cccc(-c6ccc(-c7nc(-c8ccccc8)nc(-c8ccccc8)n7)cc6)c5)cc4c4oc5ccccc5c4c3c2)c1. The maximum absolute atomic E-state index is 9.57. The monoisotopic (exact) mass is 752 g/mol. The average molecular weight is 753 g/mol. The Morgan fingerprint density at radius 2 is 0.797 bits per heavy atom. The topological polar surface area (TPSA) is 75.6 Å². The van der Waals surface area contributed by atoms with Gasteiger partial charge in [0.2, 0.25) is 0 Å². The van der Waals surface area contributed by atoms with Crippen LogP contribution in [0.25, 0.3) is 111 Å². The molecule has 274 valence electrons. The van der Waals surface area contributed by atoms with E-state index in [9.17, 15) is 5.26 Å². The number of furan rings is 1. The zero-order chi connectivity index (χ0) is 39.3. The molecule has 0 fully saturated rings. The summed E-state index contributed by atoms with van der Waals surface area (Å²) in [5, 5.41) is 16.2. The maximum Gasteiger partial charge on any atom is 0.164 e. The van der Waals surface area contributed by atoms with Crippen molar-refractivity contribution in [3.8, 4) is 73.6 Å². The van der Waals surface area contributed by atoms with Gasteiger partial charge in [-0.1, -0.05) is 158 Å². The Morgan fingerprint density at radius 1 is 0.339 bits per heavy atom. The normalized spacial score (nSPS) is 11.4. The molecule has 59 heavy (non-hydrogen) atoms. The quantitative estimate of drug-likeness (QED) is 0.158. The molecular formula is C54H32N4O. The Kier molecular flexibility index (Phi) is 8.13. The molecule has 0 aliphatic carbocycles. The van der Waals surface area contributed by atoms with E-state index in [0.717, 1.165) is 93.6 Å². The number of para-hydroxylation sites is 1. The first-order chi connectivity index (χ1) is 29.2. The van der Waals surface area contributed by atoms with Gasteiger partial charge in [-0.05, 0) is 85.9 Å². The molecule has 0 radical (unpaired) electrons. The smallest absolute Gasteiger partial charge is 0.164 e. The van der Waals surface area contributed by atoms with Crippen LogP contribution in [0.1, 0.15) is 5.56 Å². The number of hydrogen-bond donors (Lipinski definition) is 0. The summed E-state index contributed by atoms with van der Waals surface area (Å²) >= 11 is 0. The van der Waals surface area contributed by atoms with Gasteiger partial charge in [-0.3, -0.25) is 0 Å². The van der Waals surface area contributed by atoms with Crippen molar-refractivity contribution >= 4 is 43.5 Å². The van der Waals surface area contributed by atoms with Crippen molar-refractivity contribution in [2.24, 2.45) is 0 Å². The predicted octanol–water partition coefficient (Wildman–Crippen LogP) is 14.0. The minimum Gasteiger partial charge on any atom is -0.455 e. The Labute approximate surface area is 340 Å². The summed E-state index contributed by atoms with van der Waals surface area (Å²) in [6, 6.07) is 68.8. The second-order valence-corrected chi connectivity index (χ2v) is 14.7. The standard InChI is InChI=1S/C54H32N4O/c55-33-34-11-9-16-39(29-34)42-25-27-44-45-28-26-43(32-48(45)51-50(47(44)31-42)46-19-7-8-20-49(46)59-51)41-18-10-17-40(30-41)35-21-23-38(24-22-35)54-57-52(36-12-3-1-4-13-36)56-53(58-54)37-14-5-2-6-15-37/h1-32H. The molecule has 0 unspecified atom stereocenters. The molecule has 0 saturated carbocycles. The zero-order valence-corrected chi connectivity index (χ0v) is 31.7. The summed E-state index contributed by atoms with van der Waals surface area (Å²) in [5.41, 5.74) is 11.7. The Balaban J connectivity index is 0.985. The number of fused-ring (bicyclic) bond motifs is 8. The fourth-order valence-corrected chi connectivity index (χ4v) is 8.21. The summed E-state index contributed by atoms with van der Waals surface area (Å²) in [6.45, 7) is 0. The van der Waals surface area contributed by atoms with Crippen LogP contribution in [0.3, 0.4) is 0 Å². The van der Waals surface area contributed by atoms with E-state index in [1.807, 2.05) is 91.0 Å². The van der Waals surface area contributed by atoms with Gasteiger partial charge in [0.25, 0.3) is 0 Å². The molecule has 5 heteroatoms. The Morgan fingerprint density at radius 3 is 1.44 bits per heavy atom. The number of nitrogens with zero attached hydrogens (tertiary/aromatic N) is 4. The van der Waals surface area contributed by atoms with Gasteiger partial charge in [0.1, 0.15) is 11.2 Å². The molecule has 0 atom stereocenters. The van der Waals surface area contributed by atoms with E-state index in [2.05, 4.69) is 109 Å². The van der Waals surface area contributed by atoms with Crippen LogP contribution in [0.4, 0.5) is 0 Å². The van der Waals surface area contributed by atoms with Gasteiger partial charge in [-0.25, -0.2) is 15.0 Å². The highest BCUT2D eigenvalue weighted by Gasteiger charge is 2.18. The lowest BCUT2D eigenvalue weighted by molar-refractivity contribution is 0.673. The van der Waals surface area contributed by atoms with Crippen molar-refractivity contribution in [3.63, 3.8) is 0 Å². The molecule has 0 spiro atoms. The molecule has 5 nitrogen and oxygen atoms in total. The van der Waals surface area contributed by atoms with Crippen LogP contribution in [0.2, 0.25) is 0 Å². The third-order valence-corrected chi connectivity index (χ3v) is 11.1. The number of rotatable bonds is 6. The lowest BCUT2D eigenvalue weighted by Crippen LogP contribution is -2.00. The fraction of sp³-hybridized carbons (Fsp3) is 0. The first kappa shape index (κ1) is 34.1. The molecular weight excluding hydrogens is 721 g/mol. The van der Waals surface area contributed by atoms with E-state index in [1.165, 1.54) is 0 Å². The molecule has 2 aromatic heterocycles. The molecule has 11 rings (SSSR count). The van der Waals surface area contributed by atoms with Crippen molar-refractivity contribution < 1.29 is 4.42 Å². The van der Waals surface area contributed by atoms with Crippen LogP contribution in [0, 0.1) is 11.3 Å². The van der Waals surface area contributed by atoms with E-state index < -0.39 is 0 Å². The third kappa shape index (κ3) is 6.08. The highest BCUT2D eigenvalue weighted by atomic mass is 16.3. The predicted molar refractivity (Wildman–Crippen MR) is 239 cm³/mol. The van der Waals surface area contributed by atoms with Crippen LogP contribution in [-0.2, 0) is 0 Å². The van der Waals surface area contributed by atoms with Gasteiger partial charge >= 0.3 is 0 Å². The number of nitriles is 1. The largest absolute Gasteiger partial charge is 0.455 e. The molecule has 2 heterocycles. The van der Waals surface area contributed by atoms with E-state index in [0.29, 0.717) is 23.0 Å². The fourth-order valence-electron chi connectivity index (χ4n) is 8.21. The minimum absolute atomic E-state index is 0.628. The third-order valence-electron chi connectivity index (χ3n) is 11.1. The van der Waals surface area contributed by atoms with E-state index in [-0.39, 0.29) is 0 Å². The van der Waals surface area contributed by atoms with Crippen LogP contribution in [0.5, 0.6) is 0 Å². The second kappa shape index (κ2) is 14.1. The van der Waals surface area contributed by atoms with Crippen LogP contribution < -0.4 is 0 Å². The van der Waals surface area contributed by atoms with Crippen molar-refractivity contribution in [2.45, 2.75) is 0 Å². The van der Waals surface area contributed by atoms with Gasteiger partial charge in [-0.15, -0.1) is 0 Å². The molecule has 11 aromatic rings. The Bertz CT molecular complexity index is 3380. The van der Waals surface area contributed by atoms with Gasteiger partial charge in [0.05, 0.1) is 11.6 Å². The first-order valence-corrected chi connectivity index (χ1v) is 19.6. The zero-order valence-electron chi connectivity index (χ0n) is 31.7. The molecule has 0 saturated heterocycles. The lowest BCUT2D eigenvalue weighted by atomic mass is 9.91. The summed E-state index contributed by atoms with van der Waals surface area (Å²) < 4.78 is 6.70. The Hall–Kier alpha value is -8.20. The molecule has 9 aromatic carbocycles. The minimum atomic E-state index is 0.628. The van der Waals surface area contributed by atoms with E-state index in [4.69, 9.17) is 19.4 Å². The number of benzene rings is 9. The summed E-state index contributed by atoms with van der Waals surface area (Å²) in [6.07, 6.45) is 0. The van der Waals surface area contributed by atoms with Gasteiger partial charge < -0.3 is 4.42 Å². The molecule has 0 aliphatic rings. The van der Waals surface area contributed by atoms with Gasteiger partial charge in [0.15, 0.2) is 17.5 Å². The van der Waals surface area contributed by atoms with Crippen LogP contribution in [0.15, 0.2) is 199 Å². The van der Waals surface area contributed by atoms with E-state index in [1.54, 1.807) is 0 Å². The van der Waals surface area contributed by atoms with Crippen molar-refractivity contribution in [2.75, 3.05) is 0 Å². The van der Waals surface area contributed by atoms with Crippen molar-refractivity contribution in [1.82, 2.24) is 15.0 Å². The van der Waals surface area contributed by atoms with Crippen LogP contribution >= 0.6 is 0 Å². The summed E-state index contributed by atoms with van der Waals surface area (Å²) in [4.78, 5) is 14.7. The van der Waals surface area contributed by atoms with Gasteiger partial charge in [-0.2, -0.15) is 5.26 Å². The van der Waals surface area contributed by atoms with Crippen LogP contribution in [-0.4, -0.2) is 15.0 Å². The van der Waals surface area contributed by atoms with Crippen molar-refractivity contribution in [1.29, 1.82) is 5.26 Å². The molecule has 0 aliphatic heterocycles. The number of aromatic nitrogens is 3. The number of hydrogen-bond acceptors (Lipinski definition) is 5. The molecule has 0 N–H and O–H groups in total. The highest BCUT2D eigenvalue weighted by molar-refractivity contribution is 6.30. The summed E-state index contributed by atoms with van der Waals surface area (Å²) in [7, 11) is 0. The second-order valence-electron chi connectivity index (χ2n) is 14.7. The highest BCUT2D eigenvalue weighted by Crippen LogP contribution is 2.43. The first-order valence-electron chi connectivity index (χ1n) is 19.6.